The maximum absolute atomic E-state index is 10.1. The van der Waals surface area contributed by atoms with E-state index in [0.717, 1.165) is 41.8 Å². The number of methoxy groups -OCH3 is 1. The van der Waals surface area contributed by atoms with Crippen LogP contribution in [0.15, 0.2) is 24.4 Å². The molecule has 2 heterocycles. The zero-order chi connectivity index (χ0) is 26.6. The second-order valence-electron chi connectivity index (χ2n) is 8.17. The summed E-state index contributed by atoms with van der Waals surface area (Å²) in [6.07, 6.45) is 9.33. The summed E-state index contributed by atoms with van der Waals surface area (Å²) < 4.78 is 5.13. The third kappa shape index (κ3) is 13.4. The molecule has 198 valence electrons. The fourth-order valence-corrected chi connectivity index (χ4v) is 3.93. The van der Waals surface area contributed by atoms with Crippen molar-refractivity contribution in [2.24, 2.45) is 11.8 Å². The quantitative estimate of drug-likeness (QED) is 0.423. The van der Waals surface area contributed by atoms with Gasteiger partial charge in [0.2, 0.25) is 0 Å². The van der Waals surface area contributed by atoms with Crippen molar-refractivity contribution in [3.63, 3.8) is 0 Å². The van der Waals surface area contributed by atoms with Gasteiger partial charge in [-0.15, -0.1) is 0 Å². The summed E-state index contributed by atoms with van der Waals surface area (Å²) in [6.45, 7) is 9.61. The molecule has 4 N–H and O–H groups in total. The molecule has 0 radical (unpaired) electrons. The van der Waals surface area contributed by atoms with Gasteiger partial charge in [0.1, 0.15) is 11.6 Å². The Hall–Kier alpha value is -2.22. The molecule has 0 amide bonds. The van der Waals surface area contributed by atoms with Gasteiger partial charge < -0.3 is 20.9 Å². The zero-order valence-electron chi connectivity index (χ0n) is 22.3. The molecule has 0 unspecified atom stereocenters. The number of aliphatic hydroxyl groups excluding tert-OH is 1. The zero-order valence-corrected chi connectivity index (χ0v) is 23.1. The van der Waals surface area contributed by atoms with Crippen LogP contribution < -0.4 is 15.8 Å². The lowest BCUT2D eigenvalue weighted by molar-refractivity contribution is 0.112. The van der Waals surface area contributed by atoms with Crippen LogP contribution >= 0.6 is 11.6 Å². The van der Waals surface area contributed by atoms with Gasteiger partial charge >= 0.3 is 0 Å². The van der Waals surface area contributed by atoms with Gasteiger partial charge in [-0.2, -0.15) is 0 Å². The van der Waals surface area contributed by atoms with Crippen LogP contribution in [0.2, 0.25) is 5.02 Å². The molecule has 8 heteroatoms. The van der Waals surface area contributed by atoms with Gasteiger partial charge in [-0.1, -0.05) is 45.2 Å². The topological polar surface area (TPSA) is 110 Å². The van der Waals surface area contributed by atoms with E-state index in [9.17, 15) is 4.79 Å². The Balaban J connectivity index is 0.000000480. The number of carbonyl (C=O) groups excluding carboxylic acids is 1. The highest BCUT2D eigenvalue weighted by Gasteiger charge is 2.19. The highest BCUT2D eigenvalue weighted by Crippen LogP contribution is 2.30. The second-order valence-corrected chi connectivity index (χ2v) is 8.57. The summed E-state index contributed by atoms with van der Waals surface area (Å²) in [7, 11) is 3.70. The number of aliphatic hydroxyl groups is 1. The number of aldehydes is 1. The Bertz CT molecular complexity index is 814. The maximum Gasteiger partial charge on any atom is 0.151 e. The number of nitrogen functional groups attached to an aromatic ring is 1. The molecule has 1 fully saturated rings. The van der Waals surface area contributed by atoms with Crippen molar-refractivity contribution in [3.8, 4) is 5.75 Å². The summed E-state index contributed by atoms with van der Waals surface area (Å²) in [6, 6.07) is 5.38. The smallest absolute Gasteiger partial charge is 0.151 e. The lowest BCUT2D eigenvalue weighted by Gasteiger charge is -2.27. The maximum atomic E-state index is 10.1. The van der Waals surface area contributed by atoms with Crippen LogP contribution in [0.25, 0.3) is 0 Å². The molecule has 0 bridgehead atoms. The second kappa shape index (κ2) is 20.0. The van der Waals surface area contributed by atoms with Crippen molar-refractivity contribution < 1.29 is 14.6 Å². The van der Waals surface area contributed by atoms with Crippen molar-refractivity contribution in [2.45, 2.75) is 66.2 Å². The first-order valence-corrected chi connectivity index (χ1v) is 12.9. The van der Waals surface area contributed by atoms with E-state index >= 15 is 0 Å². The van der Waals surface area contributed by atoms with Crippen LogP contribution in [-0.4, -0.2) is 48.7 Å². The van der Waals surface area contributed by atoms with E-state index in [4.69, 9.17) is 27.2 Å². The third-order valence-electron chi connectivity index (χ3n) is 5.65. The average Bonchev–Trinajstić information content (AvgIpc) is 2.89. The highest BCUT2D eigenvalue weighted by atomic mass is 35.5. The van der Waals surface area contributed by atoms with E-state index in [1.165, 1.54) is 44.5 Å². The van der Waals surface area contributed by atoms with E-state index in [2.05, 4.69) is 22.2 Å². The number of nitrogens with one attached hydrogen (secondary N) is 1. The molecule has 0 spiro atoms. The minimum atomic E-state index is 0.243. The first kappa shape index (κ1) is 32.8. The number of aryl methyl sites for hydroxylation is 2. The van der Waals surface area contributed by atoms with E-state index < -0.39 is 0 Å². The largest absolute Gasteiger partial charge is 0.495 e. The number of anilines is 1. The summed E-state index contributed by atoms with van der Waals surface area (Å²) in [4.78, 5) is 18.1. The van der Waals surface area contributed by atoms with E-state index in [1.807, 2.05) is 40.0 Å². The Morgan fingerprint density at radius 3 is 2.34 bits per heavy atom. The highest BCUT2D eigenvalue weighted by molar-refractivity contribution is 6.32. The number of ether oxygens (including phenoxy) is 1. The van der Waals surface area contributed by atoms with Gasteiger partial charge in [-0.25, -0.2) is 4.98 Å². The summed E-state index contributed by atoms with van der Waals surface area (Å²) in [5.41, 5.74) is 7.79. The van der Waals surface area contributed by atoms with Crippen LogP contribution in [0.3, 0.4) is 0 Å². The summed E-state index contributed by atoms with van der Waals surface area (Å²) in [5.74, 6) is 2.83. The Morgan fingerprint density at radius 1 is 1.23 bits per heavy atom. The van der Waals surface area contributed by atoms with Gasteiger partial charge in [0, 0.05) is 24.1 Å². The van der Waals surface area contributed by atoms with Crippen molar-refractivity contribution in [1.82, 2.24) is 15.3 Å². The molecule has 1 saturated carbocycles. The standard InChI is InChI=1S/C10H21NO.C9H13NO.C6H5ClN2O.C2H6/c1-11-8-10-4-2-9(3-5-10)6-7-12;1-4-8-9(11-3)6-5-7(2)10-8;7-5-1-4(3-10)2-9-6(5)8;1-2/h9-12H,2-8H2,1H3;5-6H,4H2,1-3H3;1-3H,(H2,8,9);1-2H3. The van der Waals surface area contributed by atoms with Crippen LogP contribution in [0.5, 0.6) is 5.75 Å². The van der Waals surface area contributed by atoms with Crippen LogP contribution in [0, 0.1) is 18.8 Å². The number of pyridine rings is 2. The average molecular weight is 509 g/mol. The van der Waals surface area contributed by atoms with Crippen LogP contribution in [0.1, 0.15) is 74.6 Å². The minimum Gasteiger partial charge on any atom is -0.495 e. The number of nitrogens with two attached hydrogens (primary N) is 1. The van der Waals surface area contributed by atoms with E-state index in [1.54, 1.807) is 7.11 Å². The molecule has 7 nitrogen and oxygen atoms in total. The number of carbonyl (C=O) groups is 1. The molecular weight excluding hydrogens is 464 g/mol. The minimum absolute atomic E-state index is 0.243. The fraction of sp³-hybridized carbons (Fsp3) is 0.593. The van der Waals surface area contributed by atoms with Crippen LogP contribution in [-0.2, 0) is 6.42 Å². The number of aromatic nitrogens is 2. The third-order valence-corrected chi connectivity index (χ3v) is 5.95. The summed E-state index contributed by atoms with van der Waals surface area (Å²) in [5, 5.41) is 12.3. The van der Waals surface area contributed by atoms with Gasteiger partial charge in [-0.3, -0.25) is 9.78 Å². The van der Waals surface area contributed by atoms with Crippen molar-refractivity contribution in [2.75, 3.05) is 33.0 Å². The first-order chi connectivity index (χ1) is 16.9. The molecule has 1 aliphatic rings. The van der Waals surface area contributed by atoms with E-state index in [0.29, 0.717) is 23.5 Å². The monoisotopic (exact) mass is 508 g/mol. The van der Waals surface area contributed by atoms with Gasteiger partial charge in [0.05, 0.1) is 17.8 Å². The van der Waals surface area contributed by atoms with Crippen molar-refractivity contribution in [1.29, 1.82) is 0 Å². The Kier molecular flexibility index (Phi) is 18.8. The predicted molar refractivity (Wildman–Crippen MR) is 146 cm³/mol. The fourth-order valence-electron chi connectivity index (χ4n) is 3.76. The van der Waals surface area contributed by atoms with Gasteiger partial charge in [0.25, 0.3) is 0 Å². The molecule has 2 aromatic rings. The normalized spacial score (nSPS) is 16.3. The molecule has 3 rings (SSSR count). The summed E-state index contributed by atoms with van der Waals surface area (Å²) >= 11 is 5.55. The number of hydrogen-bond donors (Lipinski definition) is 3. The molecule has 0 aromatic carbocycles. The number of rotatable bonds is 7. The predicted octanol–water partition coefficient (Wildman–Crippen LogP) is 5.51. The Labute approximate surface area is 216 Å². The molecule has 0 atom stereocenters. The van der Waals surface area contributed by atoms with Crippen molar-refractivity contribution >= 4 is 23.7 Å². The molecule has 0 saturated heterocycles. The Morgan fingerprint density at radius 2 is 1.86 bits per heavy atom. The van der Waals surface area contributed by atoms with Gasteiger partial charge in [-0.05, 0) is 76.2 Å². The lowest BCUT2D eigenvalue weighted by atomic mass is 9.81. The lowest BCUT2D eigenvalue weighted by Crippen LogP contribution is -2.24. The van der Waals surface area contributed by atoms with E-state index in [-0.39, 0.29) is 5.82 Å². The number of hydrogen-bond acceptors (Lipinski definition) is 7. The molecule has 0 aliphatic heterocycles. The number of halogens is 1. The molecule has 2 aromatic heterocycles. The molecular formula is C27H45ClN4O3. The molecule has 1 aliphatic carbocycles. The number of nitrogens with zero attached hydrogens (tertiary/aromatic N) is 2. The molecule has 35 heavy (non-hydrogen) atoms. The SMILES string of the molecule is CC.CCc1nc(C)ccc1OC.CNCC1CCC(CCO)CC1.Nc1ncc(C=O)cc1Cl. The van der Waals surface area contributed by atoms with Crippen LogP contribution in [0.4, 0.5) is 5.82 Å². The van der Waals surface area contributed by atoms with Crippen molar-refractivity contribution in [3.05, 3.63) is 46.4 Å². The first-order valence-electron chi connectivity index (χ1n) is 12.5. The van der Waals surface area contributed by atoms with Gasteiger partial charge in [0.15, 0.2) is 6.29 Å².